The maximum atomic E-state index is 11.6. The fourth-order valence-electron chi connectivity index (χ4n) is 1.90. The van der Waals surface area contributed by atoms with Gasteiger partial charge in [-0.1, -0.05) is 31.6 Å². The zero-order chi connectivity index (χ0) is 15.3. The summed E-state index contributed by atoms with van der Waals surface area (Å²) in [5.41, 5.74) is 0.100. The molecule has 1 heterocycles. The highest BCUT2D eigenvalue weighted by atomic mass is 32.1. The van der Waals surface area contributed by atoms with E-state index < -0.39 is 5.97 Å². The van der Waals surface area contributed by atoms with Gasteiger partial charge in [0.1, 0.15) is 4.88 Å². The molecule has 1 aromatic rings. The Kier molecular flexibility index (Phi) is 6.13. The van der Waals surface area contributed by atoms with Gasteiger partial charge in [0.05, 0.1) is 7.11 Å². The maximum Gasteiger partial charge on any atom is 0.358 e. The Hall–Kier alpha value is -1.43. The molecule has 0 radical (unpaired) electrons. The third-order valence-corrected chi connectivity index (χ3v) is 4.24. The van der Waals surface area contributed by atoms with Crippen molar-refractivity contribution in [3.8, 4) is 0 Å². The Morgan fingerprint density at radius 1 is 1.40 bits per heavy atom. The van der Waals surface area contributed by atoms with E-state index in [4.69, 9.17) is 0 Å². The lowest BCUT2D eigenvalue weighted by atomic mass is 10.0. The minimum atomic E-state index is -0.575. The summed E-state index contributed by atoms with van der Waals surface area (Å²) in [6, 6.07) is 0.237. The number of thiazole rings is 1. The van der Waals surface area contributed by atoms with Crippen LogP contribution in [0.1, 0.15) is 60.7 Å². The number of hydrogen-bond acceptors (Lipinski definition) is 6. The Labute approximate surface area is 123 Å². The highest BCUT2D eigenvalue weighted by Crippen LogP contribution is 2.25. The van der Waals surface area contributed by atoms with Crippen molar-refractivity contribution >= 4 is 28.2 Å². The maximum absolute atomic E-state index is 11.6. The number of carbonyl (C=O) groups is 2. The van der Waals surface area contributed by atoms with E-state index in [9.17, 15) is 9.59 Å². The molecule has 1 aromatic heterocycles. The molecule has 5 nitrogen and oxygen atoms in total. The second-order valence-electron chi connectivity index (χ2n) is 5.04. The summed E-state index contributed by atoms with van der Waals surface area (Å²) in [4.78, 5) is 27.7. The number of Topliss-reactive ketones (excluding diaryl/α,β-unsaturated/α-hetero) is 1. The Morgan fingerprint density at radius 2 is 2.05 bits per heavy atom. The smallest absolute Gasteiger partial charge is 0.358 e. The van der Waals surface area contributed by atoms with Gasteiger partial charge in [0.25, 0.3) is 0 Å². The summed E-state index contributed by atoms with van der Waals surface area (Å²) in [5, 5.41) is 3.84. The van der Waals surface area contributed by atoms with Crippen molar-refractivity contribution in [1.82, 2.24) is 4.98 Å². The van der Waals surface area contributed by atoms with Crippen molar-refractivity contribution in [2.75, 3.05) is 12.4 Å². The molecule has 0 aliphatic heterocycles. The number of carbonyl (C=O) groups excluding carboxylic acids is 2. The van der Waals surface area contributed by atoms with Gasteiger partial charge in [-0.2, -0.15) is 0 Å². The highest BCUT2D eigenvalue weighted by Gasteiger charge is 2.22. The number of esters is 1. The van der Waals surface area contributed by atoms with Gasteiger partial charge in [0, 0.05) is 13.0 Å². The van der Waals surface area contributed by atoms with E-state index in [-0.39, 0.29) is 17.5 Å². The Balaban J connectivity index is 2.86. The number of hydrogen-bond donors (Lipinski definition) is 1. The van der Waals surface area contributed by atoms with Crippen LogP contribution < -0.4 is 5.32 Å². The van der Waals surface area contributed by atoms with E-state index in [0.29, 0.717) is 15.9 Å². The number of nitrogens with zero attached hydrogens (tertiary/aromatic N) is 1. The number of rotatable bonds is 7. The van der Waals surface area contributed by atoms with Crippen molar-refractivity contribution in [3.63, 3.8) is 0 Å². The average molecular weight is 298 g/mol. The zero-order valence-electron chi connectivity index (χ0n) is 12.6. The fraction of sp³-hybridized carbons (Fsp3) is 0.643. The Morgan fingerprint density at radius 3 is 2.55 bits per heavy atom. The standard InChI is InChI=1S/C14H22N2O3S/c1-6-8(2)7-9(3)15-14-16-11(13(18)19-5)12(20-14)10(4)17/h8-9H,6-7H2,1-5H3,(H,15,16). The topological polar surface area (TPSA) is 68.3 Å². The van der Waals surface area contributed by atoms with Gasteiger partial charge in [-0.05, 0) is 19.3 Å². The molecule has 6 heteroatoms. The van der Waals surface area contributed by atoms with Crippen molar-refractivity contribution in [1.29, 1.82) is 0 Å². The second-order valence-corrected chi connectivity index (χ2v) is 6.04. The van der Waals surface area contributed by atoms with Gasteiger partial charge in [-0.25, -0.2) is 9.78 Å². The largest absolute Gasteiger partial charge is 0.464 e. The summed E-state index contributed by atoms with van der Waals surface area (Å²) in [6.07, 6.45) is 2.13. The van der Waals surface area contributed by atoms with Crippen LogP contribution in [0.2, 0.25) is 0 Å². The van der Waals surface area contributed by atoms with Crippen LogP contribution in [-0.2, 0) is 4.74 Å². The van der Waals surface area contributed by atoms with Crippen LogP contribution >= 0.6 is 11.3 Å². The number of methoxy groups -OCH3 is 1. The van der Waals surface area contributed by atoms with Crippen molar-refractivity contribution < 1.29 is 14.3 Å². The fourth-order valence-corrected chi connectivity index (χ4v) is 2.86. The third kappa shape index (κ3) is 4.30. The molecule has 0 amide bonds. The number of ketones is 1. The molecule has 112 valence electrons. The van der Waals surface area contributed by atoms with Crippen LogP contribution in [0.4, 0.5) is 5.13 Å². The van der Waals surface area contributed by atoms with Gasteiger partial charge in [-0.15, -0.1) is 0 Å². The average Bonchev–Trinajstić information content (AvgIpc) is 2.81. The van der Waals surface area contributed by atoms with E-state index in [1.807, 2.05) is 0 Å². The van der Waals surface area contributed by atoms with E-state index in [2.05, 4.69) is 35.8 Å². The second kappa shape index (κ2) is 7.38. The van der Waals surface area contributed by atoms with Crippen LogP contribution in [-0.4, -0.2) is 29.9 Å². The number of nitrogens with one attached hydrogen (secondary N) is 1. The van der Waals surface area contributed by atoms with E-state index in [1.165, 1.54) is 25.4 Å². The van der Waals surface area contributed by atoms with E-state index >= 15 is 0 Å². The first-order chi connectivity index (χ1) is 9.38. The first-order valence-electron chi connectivity index (χ1n) is 6.75. The minimum absolute atomic E-state index is 0.100. The zero-order valence-corrected chi connectivity index (χ0v) is 13.5. The molecule has 1 N–H and O–H groups in total. The van der Waals surface area contributed by atoms with Crippen molar-refractivity contribution in [3.05, 3.63) is 10.6 Å². The number of ether oxygens (including phenoxy) is 1. The first kappa shape index (κ1) is 16.6. The van der Waals surface area contributed by atoms with E-state index in [0.717, 1.165) is 12.8 Å². The lowest BCUT2D eigenvalue weighted by Crippen LogP contribution is -2.18. The number of aromatic nitrogens is 1. The van der Waals surface area contributed by atoms with Crippen LogP contribution in [0.3, 0.4) is 0 Å². The van der Waals surface area contributed by atoms with E-state index in [1.54, 1.807) is 0 Å². The normalized spacial score (nSPS) is 13.7. The molecule has 0 saturated carbocycles. The minimum Gasteiger partial charge on any atom is -0.464 e. The molecule has 0 aliphatic carbocycles. The highest BCUT2D eigenvalue weighted by molar-refractivity contribution is 7.17. The summed E-state index contributed by atoms with van der Waals surface area (Å²) >= 11 is 1.20. The predicted molar refractivity (Wildman–Crippen MR) is 80.6 cm³/mol. The molecule has 0 aromatic carbocycles. The Bertz CT molecular complexity index is 485. The van der Waals surface area contributed by atoms with Gasteiger partial charge < -0.3 is 10.1 Å². The van der Waals surface area contributed by atoms with Gasteiger partial charge >= 0.3 is 5.97 Å². The summed E-state index contributed by atoms with van der Waals surface area (Å²) < 4.78 is 4.65. The summed E-state index contributed by atoms with van der Waals surface area (Å²) in [6.45, 7) is 7.84. The SMILES string of the molecule is CCC(C)CC(C)Nc1nc(C(=O)OC)c(C(C)=O)s1. The molecule has 2 unspecified atom stereocenters. The van der Waals surface area contributed by atoms with Crippen LogP contribution in [0, 0.1) is 5.92 Å². The number of anilines is 1. The lowest BCUT2D eigenvalue weighted by molar-refractivity contribution is 0.0591. The first-order valence-corrected chi connectivity index (χ1v) is 7.57. The molecule has 0 spiro atoms. The molecule has 0 aliphatic rings. The molecule has 0 saturated heterocycles. The lowest BCUT2D eigenvalue weighted by Gasteiger charge is -2.16. The predicted octanol–water partition coefficient (Wildman–Crippen LogP) is 3.37. The summed E-state index contributed by atoms with van der Waals surface area (Å²) in [5.74, 6) is -0.135. The van der Waals surface area contributed by atoms with Crippen LogP contribution in [0.5, 0.6) is 0 Å². The monoisotopic (exact) mass is 298 g/mol. The molecular formula is C14H22N2O3S. The molecule has 20 heavy (non-hydrogen) atoms. The third-order valence-electron chi connectivity index (χ3n) is 3.15. The molecule has 0 fully saturated rings. The molecular weight excluding hydrogens is 276 g/mol. The van der Waals surface area contributed by atoms with Crippen molar-refractivity contribution in [2.24, 2.45) is 5.92 Å². The van der Waals surface area contributed by atoms with Crippen molar-refractivity contribution in [2.45, 2.75) is 46.6 Å². The van der Waals surface area contributed by atoms with Gasteiger partial charge in [-0.3, -0.25) is 4.79 Å². The quantitative estimate of drug-likeness (QED) is 0.617. The van der Waals surface area contributed by atoms with Crippen LogP contribution in [0.15, 0.2) is 0 Å². The van der Waals surface area contributed by atoms with Crippen LogP contribution in [0.25, 0.3) is 0 Å². The molecule has 1 rings (SSSR count). The van der Waals surface area contributed by atoms with Gasteiger partial charge in [0.2, 0.25) is 0 Å². The summed E-state index contributed by atoms with van der Waals surface area (Å²) in [7, 11) is 1.28. The van der Waals surface area contributed by atoms with Gasteiger partial charge in [0.15, 0.2) is 16.6 Å². The molecule has 2 atom stereocenters. The molecule has 0 bridgehead atoms.